The summed E-state index contributed by atoms with van der Waals surface area (Å²) in [4.78, 5) is 14.1. The molecule has 19 heavy (non-hydrogen) atoms. The summed E-state index contributed by atoms with van der Waals surface area (Å²) < 4.78 is 26.9. The molecule has 102 valence electrons. The molecule has 2 aliphatic rings. The number of carbonyl (C=O) groups excluding carboxylic acids is 1. The van der Waals surface area contributed by atoms with Crippen LogP contribution in [0.25, 0.3) is 0 Å². The van der Waals surface area contributed by atoms with Crippen LogP contribution in [0.15, 0.2) is 30.3 Å². The van der Waals surface area contributed by atoms with Crippen molar-refractivity contribution < 1.29 is 13.6 Å². The summed E-state index contributed by atoms with van der Waals surface area (Å²) in [6.45, 7) is 0.944. The fourth-order valence-corrected chi connectivity index (χ4v) is 3.47. The minimum Gasteiger partial charge on any atom is -0.338 e. The van der Waals surface area contributed by atoms with Gasteiger partial charge in [0.25, 0.3) is 5.91 Å². The summed E-state index contributed by atoms with van der Waals surface area (Å²) in [6, 6.07) is 9.07. The summed E-state index contributed by atoms with van der Waals surface area (Å²) in [5, 5.41) is 0. The molecule has 1 saturated heterocycles. The monoisotopic (exact) mass is 265 g/mol. The highest BCUT2D eigenvalue weighted by molar-refractivity contribution is 5.94. The van der Waals surface area contributed by atoms with E-state index in [0.29, 0.717) is 18.7 Å². The average molecular weight is 265 g/mol. The molecule has 1 aromatic carbocycles. The van der Waals surface area contributed by atoms with Crippen molar-refractivity contribution in [3.8, 4) is 0 Å². The lowest BCUT2D eigenvalue weighted by molar-refractivity contribution is -0.0933. The fraction of sp³-hybridized carbons (Fsp3) is 0.533. The second-order valence-corrected chi connectivity index (χ2v) is 5.81. The van der Waals surface area contributed by atoms with Crippen molar-refractivity contribution in [1.29, 1.82) is 0 Å². The number of amides is 1. The van der Waals surface area contributed by atoms with Crippen LogP contribution in [-0.2, 0) is 0 Å². The summed E-state index contributed by atoms with van der Waals surface area (Å²) in [5.74, 6) is -2.65. The zero-order valence-corrected chi connectivity index (χ0v) is 10.7. The van der Waals surface area contributed by atoms with E-state index < -0.39 is 5.92 Å². The molecule has 1 aromatic rings. The maximum absolute atomic E-state index is 13.5. The number of benzene rings is 1. The van der Waals surface area contributed by atoms with Gasteiger partial charge in [-0.1, -0.05) is 18.2 Å². The Hall–Kier alpha value is -1.45. The SMILES string of the molecule is O=C(c1ccccc1)N1CC2CC(C1)CC(F)(F)C2. The molecule has 1 amide bonds. The first-order chi connectivity index (χ1) is 9.03. The van der Waals surface area contributed by atoms with Crippen molar-refractivity contribution in [2.45, 2.75) is 25.2 Å². The smallest absolute Gasteiger partial charge is 0.253 e. The van der Waals surface area contributed by atoms with E-state index in [1.807, 2.05) is 18.2 Å². The Morgan fingerprint density at radius 3 is 2.26 bits per heavy atom. The van der Waals surface area contributed by atoms with Crippen LogP contribution in [-0.4, -0.2) is 29.8 Å². The lowest BCUT2D eigenvalue weighted by Crippen LogP contribution is -2.49. The van der Waals surface area contributed by atoms with Gasteiger partial charge in [0.15, 0.2) is 0 Å². The molecule has 0 spiro atoms. The second kappa shape index (κ2) is 4.58. The highest BCUT2D eigenvalue weighted by Crippen LogP contribution is 2.43. The molecule has 1 aliphatic carbocycles. The topological polar surface area (TPSA) is 20.3 Å². The molecule has 1 aliphatic heterocycles. The molecule has 1 heterocycles. The van der Waals surface area contributed by atoms with Crippen LogP contribution in [0, 0.1) is 11.8 Å². The van der Waals surface area contributed by atoms with E-state index in [1.54, 1.807) is 17.0 Å². The predicted molar refractivity (Wildman–Crippen MR) is 68.1 cm³/mol. The Labute approximate surface area is 111 Å². The minimum absolute atomic E-state index is 0.0273. The van der Waals surface area contributed by atoms with Crippen LogP contribution < -0.4 is 0 Å². The van der Waals surface area contributed by atoms with Crippen molar-refractivity contribution in [2.75, 3.05) is 13.1 Å². The molecular formula is C15H17F2NO. The number of piperidine rings is 1. The summed E-state index contributed by atoms with van der Waals surface area (Å²) in [7, 11) is 0. The van der Waals surface area contributed by atoms with E-state index in [2.05, 4.69) is 0 Å². The lowest BCUT2D eigenvalue weighted by atomic mass is 9.76. The first-order valence-electron chi connectivity index (χ1n) is 6.76. The lowest BCUT2D eigenvalue weighted by Gasteiger charge is -2.44. The van der Waals surface area contributed by atoms with Crippen LogP contribution in [0.2, 0.25) is 0 Å². The molecule has 4 heteroatoms. The molecule has 0 aromatic heterocycles. The molecule has 1 saturated carbocycles. The van der Waals surface area contributed by atoms with E-state index in [0.717, 1.165) is 6.42 Å². The summed E-state index contributed by atoms with van der Waals surface area (Å²) >= 11 is 0. The number of rotatable bonds is 1. The van der Waals surface area contributed by atoms with Gasteiger partial charge < -0.3 is 4.90 Å². The fourth-order valence-electron chi connectivity index (χ4n) is 3.47. The van der Waals surface area contributed by atoms with Crippen molar-refractivity contribution in [3.63, 3.8) is 0 Å². The number of hydrogen-bond acceptors (Lipinski definition) is 1. The van der Waals surface area contributed by atoms with E-state index >= 15 is 0 Å². The van der Waals surface area contributed by atoms with Crippen LogP contribution in [0.4, 0.5) is 8.78 Å². The van der Waals surface area contributed by atoms with Crippen LogP contribution in [0.3, 0.4) is 0 Å². The van der Waals surface area contributed by atoms with Gasteiger partial charge in [0, 0.05) is 31.5 Å². The number of alkyl halides is 2. The van der Waals surface area contributed by atoms with Gasteiger partial charge in [-0.2, -0.15) is 0 Å². The van der Waals surface area contributed by atoms with Crippen LogP contribution >= 0.6 is 0 Å². The van der Waals surface area contributed by atoms with E-state index in [1.165, 1.54) is 0 Å². The van der Waals surface area contributed by atoms with Gasteiger partial charge in [-0.05, 0) is 30.4 Å². The zero-order valence-electron chi connectivity index (χ0n) is 10.7. The quantitative estimate of drug-likeness (QED) is 0.763. The number of nitrogens with zero attached hydrogens (tertiary/aromatic N) is 1. The zero-order chi connectivity index (χ0) is 13.5. The standard InChI is InChI=1S/C15H17F2NO/c16-15(17)7-11-6-12(8-15)10-18(9-11)14(19)13-4-2-1-3-5-13/h1-5,11-12H,6-10H2. The Morgan fingerprint density at radius 2 is 1.68 bits per heavy atom. The third kappa shape index (κ3) is 2.62. The normalized spacial score (nSPS) is 29.1. The average Bonchev–Trinajstić information content (AvgIpc) is 2.36. The van der Waals surface area contributed by atoms with Gasteiger partial charge in [-0.25, -0.2) is 8.78 Å². The number of carbonyl (C=O) groups is 1. The molecule has 2 unspecified atom stereocenters. The number of fused-ring (bicyclic) bond motifs is 2. The first-order valence-corrected chi connectivity index (χ1v) is 6.76. The van der Waals surface area contributed by atoms with Crippen molar-refractivity contribution in [2.24, 2.45) is 11.8 Å². The van der Waals surface area contributed by atoms with E-state index in [4.69, 9.17) is 0 Å². The van der Waals surface area contributed by atoms with Crippen molar-refractivity contribution in [3.05, 3.63) is 35.9 Å². The Balaban J connectivity index is 1.73. The minimum atomic E-state index is -2.53. The van der Waals surface area contributed by atoms with E-state index in [-0.39, 0.29) is 30.6 Å². The third-order valence-electron chi connectivity index (χ3n) is 4.11. The Bertz CT molecular complexity index is 458. The van der Waals surface area contributed by atoms with Gasteiger partial charge in [0.1, 0.15) is 0 Å². The third-order valence-corrected chi connectivity index (χ3v) is 4.11. The summed E-state index contributed by atoms with van der Waals surface area (Å²) in [6.07, 6.45) is 0.707. The molecular weight excluding hydrogens is 248 g/mol. The van der Waals surface area contributed by atoms with E-state index in [9.17, 15) is 13.6 Å². The highest BCUT2D eigenvalue weighted by Gasteiger charge is 2.45. The molecule has 0 N–H and O–H groups in total. The van der Waals surface area contributed by atoms with Gasteiger partial charge in [0.05, 0.1) is 0 Å². The molecule has 2 nitrogen and oxygen atoms in total. The van der Waals surface area contributed by atoms with Crippen LogP contribution in [0.1, 0.15) is 29.6 Å². The van der Waals surface area contributed by atoms with Crippen LogP contribution in [0.5, 0.6) is 0 Å². The first kappa shape index (κ1) is 12.6. The number of likely N-dealkylation sites (tertiary alicyclic amines) is 1. The molecule has 3 rings (SSSR count). The Morgan fingerprint density at radius 1 is 1.11 bits per heavy atom. The van der Waals surface area contributed by atoms with Gasteiger partial charge in [-0.15, -0.1) is 0 Å². The maximum atomic E-state index is 13.5. The van der Waals surface area contributed by atoms with Crippen molar-refractivity contribution in [1.82, 2.24) is 4.90 Å². The van der Waals surface area contributed by atoms with Gasteiger partial charge >= 0.3 is 0 Å². The highest BCUT2D eigenvalue weighted by atomic mass is 19.3. The molecule has 2 atom stereocenters. The Kier molecular flexibility index (Phi) is 3.03. The van der Waals surface area contributed by atoms with Crippen molar-refractivity contribution >= 4 is 5.91 Å². The molecule has 0 radical (unpaired) electrons. The van der Waals surface area contributed by atoms with Gasteiger partial charge in [-0.3, -0.25) is 4.79 Å². The molecule has 2 fully saturated rings. The molecule has 2 bridgehead atoms. The predicted octanol–water partition coefficient (Wildman–Crippen LogP) is 3.19. The van der Waals surface area contributed by atoms with Gasteiger partial charge in [0.2, 0.25) is 5.92 Å². The second-order valence-electron chi connectivity index (χ2n) is 5.81. The summed E-state index contributed by atoms with van der Waals surface area (Å²) in [5.41, 5.74) is 0.647. The number of halogens is 2. The largest absolute Gasteiger partial charge is 0.338 e. The number of hydrogen-bond donors (Lipinski definition) is 0. The maximum Gasteiger partial charge on any atom is 0.253 e.